The Balaban J connectivity index is 0.917. The van der Waals surface area contributed by atoms with E-state index >= 15 is 0 Å². The lowest BCUT2D eigenvalue weighted by molar-refractivity contribution is -0.381. The Bertz CT molecular complexity index is 2810. The summed E-state index contributed by atoms with van der Waals surface area (Å²) in [6.45, 7) is 0.284. The zero-order chi connectivity index (χ0) is 51.0. The van der Waals surface area contributed by atoms with Crippen molar-refractivity contribution in [3.63, 3.8) is 0 Å². The van der Waals surface area contributed by atoms with Crippen molar-refractivity contribution in [1.29, 1.82) is 0 Å². The molecule has 0 spiro atoms. The highest BCUT2D eigenvalue weighted by Gasteiger charge is 2.57. The molecule has 2 unspecified atom stereocenters. The van der Waals surface area contributed by atoms with Crippen LogP contribution in [0.15, 0.2) is 150 Å². The number of nitrogens with one attached hydrogen (secondary N) is 1. The van der Waals surface area contributed by atoms with Crippen molar-refractivity contribution in [2.24, 2.45) is 10.2 Å². The second-order valence-corrected chi connectivity index (χ2v) is 18.0. The average molecular weight is 1010 g/mol. The molecule has 0 radical (unpaired) electrons. The Morgan fingerprint density at radius 3 is 1.73 bits per heavy atom. The van der Waals surface area contributed by atoms with Gasteiger partial charge in [-0.05, 0) is 38.9 Å². The molecule has 21 nitrogen and oxygen atoms in total. The molecular formula is C53H51N7O14. The summed E-state index contributed by atoms with van der Waals surface area (Å²) in [6, 6.07) is 38.6. The number of azide groups is 2. The summed E-state index contributed by atoms with van der Waals surface area (Å²) in [6.07, 6.45) is -12.4. The minimum Gasteiger partial charge on any atom is -0.459 e. The molecule has 0 aromatic heterocycles. The fourth-order valence-electron chi connectivity index (χ4n) is 9.90. The number of nitrogens with zero attached hydrogens (tertiary/aromatic N) is 6. The molecule has 1 aliphatic carbocycles. The minimum atomic E-state index is -1.52. The van der Waals surface area contributed by atoms with E-state index in [0.29, 0.717) is 16.7 Å². The Morgan fingerprint density at radius 2 is 1.16 bits per heavy atom. The largest absolute Gasteiger partial charge is 0.459 e. The van der Waals surface area contributed by atoms with E-state index in [-0.39, 0.29) is 32.3 Å². The van der Waals surface area contributed by atoms with Crippen molar-refractivity contribution in [2.45, 2.75) is 99.4 Å². The van der Waals surface area contributed by atoms with Crippen LogP contribution in [0.4, 0.5) is 4.79 Å². The summed E-state index contributed by atoms with van der Waals surface area (Å²) in [4.78, 5) is 46.7. The van der Waals surface area contributed by atoms with Gasteiger partial charge in [-0.25, -0.2) is 9.59 Å². The number of alkyl carbamates (subject to hydrolysis) is 1. The third-order valence-electron chi connectivity index (χ3n) is 13.3. The molecule has 13 atom stereocenters. The fourth-order valence-corrected chi connectivity index (χ4v) is 9.90. The van der Waals surface area contributed by atoms with Gasteiger partial charge >= 0.3 is 18.0 Å². The molecule has 5 aliphatic rings. The highest BCUT2D eigenvalue weighted by atomic mass is 16.8. The topological polar surface area (TPSA) is 262 Å². The van der Waals surface area contributed by atoms with Crippen molar-refractivity contribution in [3.05, 3.63) is 188 Å². The maximum absolute atomic E-state index is 14.0. The molecule has 1 amide bonds. The predicted octanol–water partition coefficient (Wildman–Crippen LogP) is 8.01. The number of hydrogen-bond acceptors (Lipinski definition) is 16. The number of carbonyl (C=O) groups excluding carboxylic acids is 3. The Labute approximate surface area is 424 Å². The lowest BCUT2D eigenvalue weighted by atomic mass is 9.93. The Hall–Kier alpha value is -7.39. The van der Waals surface area contributed by atoms with E-state index in [1.165, 1.54) is 6.92 Å². The number of ether oxygens (including phenoxy) is 11. The third-order valence-corrected chi connectivity index (χ3v) is 13.3. The molecule has 10 rings (SSSR count). The Morgan fingerprint density at radius 1 is 0.649 bits per heavy atom. The first-order valence-electron chi connectivity index (χ1n) is 24.1. The van der Waals surface area contributed by atoms with Crippen LogP contribution in [-0.2, 0) is 68.3 Å². The summed E-state index contributed by atoms with van der Waals surface area (Å²) in [7, 11) is 0. The first-order valence-corrected chi connectivity index (χ1v) is 24.1. The van der Waals surface area contributed by atoms with Crippen LogP contribution in [0.25, 0.3) is 32.0 Å². The van der Waals surface area contributed by atoms with Crippen LogP contribution in [0.2, 0.25) is 0 Å². The molecule has 1 N–H and O–H groups in total. The van der Waals surface area contributed by atoms with Gasteiger partial charge in [-0.1, -0.05) is 150 Å². The van der Waals surface area contributed by atoms with Crippen molar-refractivity contribution in [2.75, 3.05) is 26.4 Å². The van der Waals surface area contributed by atoms with Gasteiger partial charge in [-0.15, -0.1) is 0 Å². The summed E-state index contributed by atoms with van der Waals surface area (Å²) >= 11 is 0. The maximum atomic E-state index is 14.0. The molecule has 5 aromatic rings. The van der Waals surface area contributed by atoms with E-state index in [0.717, 1.165) is 22.3 Å². The number of carbonyl (C=O) groups is 3. The summed E-state index contributed by atoms with van der Waals surface area (Å²) < 4.78 is 68.6. The van der Waals surface area contributed by atoms with Crippen LogP contribution < -0.4 is 5.32 Å². The maximum Gasteiger partial charge on any atom is 0.407 e. The smallest absolute Gasteiger partial charge is 0.407 e. The molecule has 4 fully saturated rings. The fraction of sp³-hybridized carbons (Fsp3) is 0.377. The summed E-state index contributed by atoms with van der Waals surface area (Å²) in [5.74, 6) is -1.84. The predicted molar refractivity (Wildman–Crippen MR) is 258 cm³/mol. The molecule has 4 saturated heterocycles. The lowest BCUT2D eigenvalue weighted by Crippen LogP contribution is -2.67. The molecule has 4 aliphatic heterocycles. The van der Waals surface area contributed by atoms with Crippen molar-refractivity contribution in [1.82, 2.24) is 5.32 Å². The van der Waals surface area contributed by atoms with Gasteiger partial charge < -0.3 is 57.4 Å². The van der Waals surface area contributed by atoms with E-state index in [1.54, 1.807) is 36.4 Å². The number of esters is 2. The number of hydrogen-bond donors (Lipinski definition) is 1. The quantitative estimate of drug-likeness (QED) is 0.0323. The van der Waals surface area contributed by atoms with Gasteiger partial charge in [0.15, 0.2) is 31.2 Å². The molecule has 21 heteroatoms. The van der Waals surface area contributed by atoms with Crippen molar-refractivity contribution >= 4 is 18.0 Å². The standard InChI is InChI=1S/C53H51N7O14/c1-30(61)69-46-43(58-60-55)52(71-41-29-67-49(72-44(41)46)32-17-7-3-8-18-32)74-47-42(57-59-54)51(70-40-28-66-50(73-45(40)47)33-19-9-4-10-20-33)65-27-39(48(62)64-25-31-15-5-2-6-16-31)56-53(63)68-26-38-36-23-13-11-21-34(36)35-22-12-14-24-37(35)38/h2-24,38-47,49-52H,25-29H2,1H3,(H,56,63)/t39-,40+,41+,42+,43+,44-,45-,46+,47+,49?,50?,51-,52+/m0/s1. The first-order chi connectivity index (χ1) is 36.3. The molecule has 0 saturated carbocycles. The summed E-state index contributed by atoms with van der Waals surface area (Å²) in [5, 5.41) is 10.7. The normalized spacial score (nSPS) is 28.2. The molecule has 0 bridgehead atoms. The SMILES string of the molecule is CC(=O)O[C@@H]1[C@@H](N=[N+]=[N-])[C@@H](O[C@@H]2[C@@H](N=[N+]=[N-])[C@@H](OC[C@H](NC(=O)OCC3c4ccccc4-c4ccccc43)C(=O)OCc3ccccc3)O[C@@H]3COC(c4ccccc4)O[C@H]23)O[C@@H]2COC(c3ccccc3)O[C@H]12. The van der Waals surface area contributed by atoms with Gasteiger partial charge in [0.2, 0.25) is 0 Å². The van der Waals surface area contributed by atoms with Crippen LogP contribution in [0, 0.1) is 0 Å². The van der Waals surface area contributed by atoms with E-state index in [4.69, 9.17) is 52.1 Å². The number of amides is 1. The van der Waals surface area contributed by atoms with Crippen LogP contribution in [-0.4, -0.2) is 112 Å². The van der Waals surface area contributed by atoms with E-state index in [9.17, 15) is 25.4 Å². The monoisotopic (exact) mass is 1010 g/mol. The van der Waals surface area contributed by atoms with Gasteiger partial charge in [-0.3, -0.25) is 4.79 Å². The van der Waals surface area contributed by atoms with Gasteiger partial charge in [-0.2, -0.15) is 0 Å². The van der Waals surface area contributed by atoms with E-state index < -0.39 is 105 Å². The van der Waals surface area contributed by atoms with Gasteiger partial charge in [0, 0.05) is 33.8 Å². The number of benzene rings is 5. The third kappa shape index (κ3) is 11.1. The molecular weight excluding hydrogens is 959 g/mol. The zero-order valence-corrected chi connectivity index (χ0v) is 39.8. The van der Waals surface area contributed by atoms with Crippen LogP contribution in [0.5, 0.6) is 0 Å². The number of rotatable bonds is 16. The van der Waals surface area contributed by atoms with Crippen molar-refractivity contribution in [3.8, 4) is 11.1 Å². The second kappa shape index (κ2) is 23.2. The number of fused-ring (bicyclic) bond motifs is 5. The highest BCUT2D eigenvalue weighted by Crippen LogP contribution is 2.45. The van der Waals surface area contributed by atoms with Crippen LogP contribution >= 0.6 is 0 Å². The van der Waals surface area contributed by atoms with Gasteiger partial charge in [0.05, 0.1) is 19.8 Å². The van der Waals surface area contributed by atoms with Crippen molar-refractivity contribution < 1.29 is 66.5 Å². The molecule has 382 valence electrons. The average Bonchev–Trinajstić information content (AvgIpc) is 3.76. The lowest BCUT2D eigenvalue weighted by Gasteiger charge is -2.51. The zero-order valence-electron chi connectivity index (χ0n) is 39.8. The molecule has 5 aromatic carbocycles. The van der Waals surface area contributed by atoms with Gasteiger partial charge in [0.1, 0.15) is 61.9 Å². The van der Waals surface area contributed by atoms with E-state index in [1.807, 2.05) is 103 Å². The van der Waals surface area contributed by atoms with E-state index in [2.05, 4.69) is 25.4 Å². The summed E-state index contributed by atoms with van der Waals surface area (Å²) in [5.41, 5.74) is 26.2. The minimum absolute atomic E-state index is 0.0465. The first kappa shape index (κ1) is 50.2. The molecule has 4 heterocycles. The van der Waals surface area contributed by atoms with Crippen LogP contribution in [0.3, 0.4) is 0 Å². The van der Waals surface area contributed by atoms with Crippen LogP contribution in [0.1, 0.15) is 53.2 Å². The highest BCUT2D eigenvalue weighted by molar-refractivity contribution is 5.82. The molecule has 74 heavy (non-hydrogen) atoms. The second-order valence-electron chi connectivity index (χ2n) is 18.0. The van der Waals surface area contributed by atoms with Gasteiger partial charge in [0.25, 0.3) is 0 Å². The Kier molecular flexibility index (Phi) is 15.7.